The summed E-state index contributed by atoms with van der Waals surface area (Å²) < 4.78 is 7.28. The first-order chi connectivity index (χ1) is 14.2. The summed E-state index contributed by atoms with van der Waals surface area (Å²) in [4.78, 5) is 23.6. The highest BCUT2D eigenvalue weighted by molar-refractivity contribution is 5.79. The summed E-state index contributed by atoms with van der Waals surface area (Å²) in [6, 6.07) is 7.73. The second kappa shape index (κ2) is 8.57. The zero-order valence-electron chi connectivity index (χ0n) is 16.6. The quantitative estimate of drug-likeness (QED) is 0.655. The minimum absolute atomic E-state index is 0.133. The van der Waals surface area contributed by atoms with Crippen LogP contribution in [0.25, 0.3) is 11.2 Å². The molecule has 1 aliphatic heterocycles. The molecule has 4 rings (SSSR count). The molecule has 1 fully saturated rings. The van der Waals surface area contributed by atoms with Crippen LogP contribution < -0.4 is 10.5 Å². The Morgan fingerprint density at radius 1 is 1.24 bits per heavy atom. The normalized spacial score (nSPS) is 16.5. The van der Waals surface area contributed by atoms with Crippen molar-refractivity contribution < 1.29 is 9.53 Å². The molecule has 0 radical (unpaired) electrons. The number of likely N-dealkylation sites (tertiary alicyclic amines) is 1. The fraction of sp³-hybridized carbons (Fsp3) is 0.429. The van der Waals surface area contributed by atoms with Crippen molar-refractivity contribution in [1.29, 1.82) is 0 Å². The zero-order chi connectivity index (χ0) is 20.2. The lowest BCUT2D eigenvalue weighted by molar-refractivity contribution is -0.129. The fourth-order valence-corrected chi connectivity index (χ4v) is 3.84. The Morgan fingerprint density at radius 3 is 2.79 bits per heavy atom. The smallest absolute Gasteiger partial charge is 0.227 e. The summed E-state index contributed by atoms with van der Waals surface area (Å²) in [5.41, 5.74) is 9.18. The predicted molar refractivity (Wildman–Crippen MR) is 110 cm³/mol. The molecule has 0 bridgehead atoms. The van der Waals surface area contributed by atoms with Gasteiger partial charge in [-0.3, -0.25) is 4.79 Å². The molecule has 1 aliphatic rings. The van der Waals surface area contributed by atoms with E-state index in [4.69, 9.17) is 15.6 Å². The van der Waals surface area contributed by atoms with Gasteiger partial charge >= 0.3 is 0 Å². The summed E-state index contributed by atoms with van der Waals surface area (Å²) in [7, 11) is 0. The van der Waals surface area contributed by atoms with Crippen molar-refractivity contribution in [3.05, 3.63) is 47.9 Å². The maximum absolute atomic E-state index is 12.8. The molecule has 29 heavy (non-hydrogen) atoms. The van der Waals surface area contributed by atoms with Crippen molar-refractivity contribution in [2.45, 2.75) is 32.2 Å². The van der Waals surface area contributed by atoms with E-state index in [1.807, 2.05) is 40.8 Å². The van der Waals surface area contributed by atoms with Crippen LogP contribution in [0.4, 0.5) is 0 Å². The first-order valence-corrected chi connectivity index (χ1v) is 10.1. The van der Waals surface area contributed by atoms with Gasteiger partial charge in [0.25, 0.3) is 0 Å². The number of hydrogen-bond donors (Lipinski definition) is 1. The van der Waals surface area contributed by atoms with E-state index in [0.29, 0.717) is 32.7 Å². The van der Waals surface area contributed by atoms with Crippen LogP contribution in [0.1, 0.15) is 30.5 Å². The van der Waals surface area contributed by atoms with E-state index in [9.17, 15) is 4.79 Å². The van der Waals surface area contributed by atoms with Gasteiger partial charge in [-0.15, -0.1) is 0 Å². The van der Waals surface area contributed by atoms with Crippen LogP contribution in [0.15, 0.2) is 36.7 Å². The van der Waals surface area contributed by atoms with Crippen molar-refractivity contribution in [2.24, 2.45) is 5.73 Å². The van der Waals surface area contributed by atoms with Gasteiger partial charge in [0.1, 0.15) is 11.3 Å². The van der Waals surface area contributed by atoms with E-state index in [2.05, 4.69) is 9.97 Å². The lowest BCUT2D eigenvalue weighted by Crippen LogP contribution is -2.30. The maximum atomic E-state index is 12.8. The van der Waals surface area contributed by atoms with Crippen LogP contribution in [-0.4, -0.2) is 56.8 Å². The van der Waals surface area contributed by atoms with E-state index in [-0.39, 0.29) is 11.8 Å². The minimum atomic E-state index is 0.133. The molecular weight excluding hydrogens is 368 g/mol. The number of ether oxygens (including phenoxy) is 1. The van der Waals surface area contributed by atoms with E-state index >= 15 is 0 Å². The Balaban J connectivity index is 1.45. The van der Waals surface area contributed by atoms with E-state index in [0.717, 1.165) is 41.1 Å². The lowest BCUT2D eigenvalue weighted by Gasteiger charge is -2.16. The number of fused-ring (bicyclic) bond motifs is 1. The highest BCUT2D eigenvalue weighted by Gasteiger charge is 2.31. The van der Waals surface area contributed by atoms with Gasteiger partial charge in [0.15, 0.2) is 5.65 Å². The van der Waals surface area contributed by atoms with Crippen molar-refractivity contribution in [3.63, 3.8) is 0 Å². The molecule has 0 aliphatic carbocycles. The van der Waals surface area contributed by atoms with Gasteiger partial charge in [-0.2, -0.15) is 5.10 Å². The highest BCUT2D eigenvalue weighted by Crippen LogP contribution is 2.30. The Bertz CT molecular complexity index is 985. The standard InChI is InChI=1S/C21H26N6O2/c1-2-29-17-5-3-15(4-6-17)13-18(28)26-11-7-16(14-26)19-20-21(24-10-9-23-20)27(25-19)12-8-22/h3-6,9-10,16H,2,7-8,11-14,22H2,1H3/t16-/m1/s1. The summed E-state index contributed by atoms with van der Waals surface area (Å²) in [5, 5.41) is 4.73. The van der Waals surface area contributed by atoms with E-state index < -0.39 is 0 Å². The summed E-state index contributed by atoms with van der Waals surface area (Å²) in [5.74, 6) is 1.12. The van der Waals surface area contributed by atoms with Crippen LogP contribution in [0.3, 0.4) is 0 Å². The molecular formula is C21H26N6O2. The van der Waals surface area contributed by atoms with Gasteiger partial charge in [-0.1, -0.05) is 12.1 Å². The number of nitrogens with zero attached hydrogens (tertiary/aromatic N) is 5. The van der Waals surface area contributed by atoms with E-state index in [1.54, 1.807) is 12.4 Å². The van der Waals surface area contributed by atoms with Crippen molar-refractivity contribution in [1.82, 2.24) is 24.6 Å². The maximum Gasteiger partial charge on any atom is 0.227 e. The lowest BCUT2D eigenvalue weighted by atomic mass is 10.0. The summed E-state index contributed by atoms with van der Waals surface area (Å²) in [6.45, 7) is 5.06. The number of carbonyl (C=O) groups is 1. The first kappa shape index (κ1) is 19.3. The molecule has 1 saturated heterocycles. The third kappa shape index (κ3) is 4.07. The number of carbonyl (C=O) groups excluding carboxylic acids is 1. The zero-order valence-corrected chi connectivity index (χ0v) is 16.6. The largest absolute Gasteiger partial charge is 0.494 e. The molecule has 3 heterocycles. The molecule has 152 valence electrons. The molecule has 8 heteroatoms. The van der Waals surface area contributed by atoms with Gasteiger partial charge in [0.2, 0.25) is 5.91 Å². The van der Waals surface area contributed by atoms with Crippen LogP contribution in [0.2, 0.25) is 0 Å². The number of hydrogen-bond acceptors (Lipinski definition) is 6. The van der Waals surface area contributed by atoms with Crippen molar-refractivity contribution >= 4 is 17.1 Å². The number of rotatable bonds is 7. The Kier molecular flexibility index (Phi) is 5.71. The predicted octanol–water partition coefficient (Wildman–Crippen LogP) is 1.74. The summed E-state index contributed by atoms with van der Waals surface area (Å²) >= 11 is 0. The molecule has 8 nitrogen and oxygen atoms in total. The van der Waals surface area contributed by atoms with Gasteiger partial charge < -0.3 is 15.4 Å². The minimum Gasteiger partial charge on any atom is -0.494 e. The van der Waals surface area contributed by atoms with Crippen LogP contribution in [0.5, 0.6) is 5.75 Å². The van der Waals surface area contributed by atoms with Gasteiger partial charge in [0, 0.05) is 37.9 Å². The fourth-order valence-electron chi connectivity index (χ4n) is 3.84. The molecule has 2 N–H and O–H groups in total. The molecule has 0 spiro atoms. The monoisotopic (exact) mass is 394 g/mol. The number of amides is 1. The Morgan fingerprint density at radius 2 is 2.03 bits per heavy atom. The topological polar surface area (TPSA) is 99.2 Å². The van der Waals surface area contributed by atoms with Gasteiger partial charge in [-0.25, -0.2) is 14.6 Å². The molecule has 1 amide bonds. The van der Waals surface area contributed by atoms with Crippen LogP contribution >= 0.6 is 0 Å². The third-order valence-electron chi connectivity index (χ3n) is 5.25. The number of benzene rings is 1. The second-order valence-electron chi connectivity index (χ2n) is 7.20. The van der Waals surface area contributed by atoms with E-state index in [1.165, 1.54) is 0 Å². The molecule has 0 saturated carbocycles. The second-order valence-corrected chi connectivity index (χ2v) is 7.20. The van der Waals surface area contributed by atoms with Gasteiger partial charge in [-0.05, 0) is 31.0 Å². The van der Waals surface area contributed by atoms with Crippen LogP contribution in [0, 0.1) is 0 Å². The Hall–Kier alpha value is -3.00. The SMILES string of the molecule is CCOc1ccc(CC(=O)N2CC[C@@H](c3nn(CCN)c4nccnc34)C2)cc1. The average molecular weight is 394 g/mol. The number of nitrogens with two attached hydrogens (primary N) is 1. The summed E-state index contributed by atoms with van der Waals surface area (Å²) in [6.07, 6.45) is 4.62. The third-order valence-corrected chi connectivity index (χ3v) is 5.25. The van der Waals surface area contributed by atoms with Gasteiger partial charge in [0.05, 0.1) is 25.3 Å². The molecule has 1 aromatic carbocycles. The Labute approximate surface area is 169 Å². The highest BCUT2D eigenvalue weighted by atomic mass is 16.5. The average Bonchev–Trinajstić information content (AvgIpc) is 3.36. The molecule has 3 aromatic rings. The molecule has 2 aromatic heterocycles. The van der Waals surface area contributed by atoms with Crippen LogP contribution in [-0.2, 0) is 17.8 Å². The molecule has 0 unspecified atom stereocenters. The van der Waals surface area contributed by atoms with Crippen molar-refractivity contribution in [2.75, 3.05) is 26.2 Å². The van der Waals surface area contributed by atoms with Crippen molar-refractivity contribution in [3.8, 4) is 5.75 Å². The molecule has 1 atom stereocenters. The first-order valence-electron chi connectivity index (χ1n) is 10.1. The number of aromatic nitrogens is 4.